The molecule has 0 aliphatic carbocycles. The monoisotopic (exact) mass is 343 g/mol. The summed E-state index contributed by atoms with van der Waals surface area (Å²) in [6, 6.07) is 7.49. The van der Waals surface area contributed by atoms with Crippen molar-refractivity contribution >= 4 is 12.0 Å². The molecule has 1 amide bonds. The average molecular weight is 343 g/mol. The molecular weight excluding hydrogens is 318 g/mol. The van der Waals surface area contributed by atoms with Crippen LogP contribution in [0.5, 0.6) is 11.5 Å². The predicted octanol–water partition coefficient (Wildman–Crippen LogP) is 4.02. The van der Waals surface area contributed by atoms with Crippen LogP contribution in [0.4, 0.5) is 0 Å². The minimum absolute atomic E-state index is 0.0658. The normalized spacial score (nSPS) is 11.1. The third-order valence-corrected chi connectivity index (χ3v) is 3.57. The minimum Gasteiger partial charge on any atom is -0.493 e. The van der Waals surface area contributed by atoms with E-state index in [-0.39, 0.29) is 12.0 Å². The van der Waals surface area contributed by atoms with Crippen molar-refractivity contribution in [2.24, 2.45) is 0 Å². The Morgan fingerprint density at radius 3 is 2.60 bits per heavy atom. The second-order valence-electron chi connectivity index (χ2n) is 6.07. The number of hydrogen-bond donors (Lipinski definition) is 1. The molecule has 0 fully saturated rings. The fraction of sp³-hybridized carbons (Fsp3) is 0.350. The van der Waals surface area contributed by atoms with Crippen LogP contribution in [0.1, 0.15) is 36.5 Å². The number of furan rings is 1. The smallest absolute Gasteiger partial charge is 0.244 e. The molecule has 1 aromatic carbocycles. The first kappa shape index (κ1) is 18.6. The van der Waals surface area contributed by atoms with Gasteiger partial charge >= 0.3 is 0 Å². The first-order valence-corrected chi connectivity index (χ1v) is 8.25. The van der Waals surface area contributed by atoms with Gasteiger partial charge in [0.1, 0.15) is 11.5 Å². The van der Waals surface area contributed by atoms with Crippen LogP contribution in [0.15, 0.2) is 34.8 Å². The van der Waals surface area contributed by atoms with E-state index in [1.165, 1.54) is 6.08 Å². The summed E-state index contributed by atoms with van der Waals surface area (Å²) in [6.07, 6.45) is 3.31. The molecule has 5 heteroatoms. The van der Waals surface area contributed by atoms with Gasteiger partial charge < -0.3 is 19.2 Å². The molecule has 25 heavy (non-hydrogen) atoms. The Bertz CT molecular complexity index is 759. The van der Waals surface area contributed by atoms with Crippen LogP contribution in [0.25, 0.3) is 6.08 Å². The van der Waals surface area contributed by atoms with E-state index < -0.39 is 0 Å². The maximum absolute atomic E-state index is 12.0. The molecule has 134 valence electrons. The van der Waals surface area contributed by atoms with E-state index >= 15 is 0 Å². The van der Waals surface area contributed by atoms with Crippen LogP contribution in [0.2, 0.25) is 0 Å². The summed E-state index contributed by atoms with van der Waals surface area (Å²) in [6.45, 7) is 8.13. The molecule has 1 N–H and O–H groups in total. The number of nitrogens with one attached hydrogen (secondary N) is 1. The van der Waals surface area contributed by atoms with Gasteiger partial charge in [-0.25, -0.2) is 0 Å². The lowest BCUT2D eigenvalue weighted by molar-refractivity contribution is -0.116. The molecule has 2 aromatic rings. The Labute approximate surface area is 148 Å². The molecule has 5 nitrogen and oxygen atoms in total. The summed E-state index contributed by atoms with van der Waals surface area (Å²) in [5, 5.41) is 2.85. The molecule has 0 saturated heterocycles. The van der Waals surface area contributed by atoms with Gasteiger partial charge in [0.25, 0.3) is 0 Å². The SMILES string of the molecule is COc1cc(/C=C/C(=O)NCc2cc(C)oc2C)ccc1OC(C)C. The van der Waals surface area contributed by atoms with Crippen molar-refractivity contribution in [3.8, 4) is 11.5 Å². The van der Waals surface area contributed by atoms with Crippen LogP contribution in [-0.2, 0) is 11.3 Å². The lowest BCUT2D eigenvalue weighted by Crippen LogP contribution is -2.20. The third-order valence-electron chi connectivity index (χ3n) is 3.57. The largest absolute Gasteiger partial charge is 0.493 e. The summed E-state index contributed by atoms with van der Waals surface area (Å²) >= 11 is 0. The van der Waals surface area contributed by atoms with Crippen LogP contribution < -0.4 is 14.8 Å². The van der Waals surface area contributed by atoms with Gasteiger partial charge in [-0.2, -0.15) is 0 Å². The highest BCUT2D eigenvalue weighted by Gasteiger charge is 2.07. The summed E-state index contributed by atoms with van der Waals surface area (Å²) in [5.41, 5.74) is 1.84. The van der Waals surface area contributed by atoms with Gasteiger partial charge in [0.15, 0.2) is 11.5 Å². The van der Waals surface area contributed by atoms with Crippen molar-refractivity contribution in [2.45, 2.75) is 40.3 Å². The molecule has 1 aromatic heterocycles. The quantitative estimate of drug-likeness (QED) is 0.771. The van der Waals surface area contributed by atoms with E-state index in [9.17, 15) is 4.79 Å². The molecule has 0 saturated carbocycles. The molecule has 2 rings (SSSR count). The van der Waals surface area contributed by atoms with E-state index in [1.54, 1.807) is 13.2 Å². The summed E-state index contributed by atoms with van der Waals surface area (Å²) < 4.78 is 16.5. The van der Waals surface area contributed by atoms with Crippen molar-refractivity contribution in [1.82, 2.24) is 5.32 Å². The van der Waals surface area contributed by atoms with Crippen LogP contribution in [0.3, 0.4) is 0 Å². The summed E-state index contributed by atoms with van der Waals surface area (Å²) in [5.74, 6) is 2.82. The Kier molecular flexibility index (Phi) is 6.28. The van der Waals surface area contributed by atoms with Crippen molar-refractivity contribution in [2.75, 3.05) is 7.11 Å². The molecule has 0 atom stereocenters. The second-order valence-corrected chi connectivity index (χ2v) is 6.07. The Balaban J connectivity index is 1.98. The number of hydrogen-bond acceptors (Lipinski definition) is 4. The molecule has 1 heterocycles. The molecule has 0 radical (unpaired) electrons. The van der Waals surface area contributed by atoms with Gasteiger partial charge in [-0.1, -0.05) is 6.07 Å². The zero-order chi connectivity index (χ0) is 18.4. The first-order chi connectivity index (χ1) is 11.9. The average Bonchev–Trinajstić information content (AvgIpc) is 2.89. The summed E-state index contributed by atoms with van der Waals surface area (Å²) in [4.78, 5) is 12.0. The minimum atomic E-state index is -0.167. The number of benzene rings is 1. The number of methoxy groups -OCH3 is 1. The standard InChI is InChI=1S/C20H25NO4/c1-13(2)24-18-8-6-16(11-19(18)23-5)7-9-20(22)21-12-17-10-14(3)25-15(17)4/h6-11,13H,12H2,1-5H3,(H,21,22)/b9-7+. The first-order valence-electron chi connectivity index (χ1n) is 8.25. The van der Waals surface area contributed by atoms with E-state index in [0.29, 0.717) is 18.0 Å². The highest BCUT2D eigenvalue weighted by molar-refractivity contribution is 5.91. The molecule has 0 spiro atoms. The van der Waals surface area contributed by atoms with Crippen LogP contribution >= 0.6 is 0 Å². The number of ether oxygens (including phenoxy) is 2. The van der Waals surface area contributed by atoms with Crippen molar-refractivity contribution in [1.29, 1.82) is 0 Å². The molecular formula is C20H25NO4. The topological polar surface area (TPSA) is 60.7 Å². The van der Waals surface area contributed by atoms with Crippen molar-refractivity contribution in [3.63, 3.8) is 0 Å². The molecule has 0 aliphatic heterocycles. The second kappa shape index (κ2) is 8.42. The van der Waals surface area contributed by atoms with E-state index in [2.05, 4.69) is 5.32 Å². The number of carbonyl (C=O) groups is 1. The van der Waals surface area contributed by atoms with Gasteiger partial charge in [-0.05, 0) is 57.5 Å². The fourth-order valence-electron chi connectivity index (χ4n) is 2.41. The number of amides is 1. The van der Waals surface area contributed by atoms with Gasteiger partial charge in [-0.3, -0.25) is 4.79 Å². The van der Waals surface area contributed by atoms with E-state index in [4.69, 9.17) is 13.9 Å². The van der Waals surface area contributed by atoms with E-state index in [1.807, 2.05) is 52.0 Å². The number of aryl methyl sites for hydroxylation is 2. The van der Waals surface area contributed by atoms with Crippen LogP contribution in [-0.4, -0.2) is 19.1 Å². The number of rotatable bonds is 7. The fourth-order valence-corrected chi connectivity index (χ4v) is 2.41. The molecule has 0 bridgehead atoms. The maximum atomic E-state index is 12.0. The molecule has 0 aliphatic rings. The highest BCUT2D eigenvalue weighted by Crippen LogP contribution is 2.29. The van der Waals surface area contributed by atoms with Gasteiger partial charge in [-0.15, -0.1) is 0 Å². The van der Waals surface area contributed by atoms with Crippen molar-refractivity contribution in [3.05, 3.63) is 53.0 Å². The zero-order valence-electron chi connectivity index (χ0n) is 15.4. The summed E-state index contributed by atoms with van der Waals surface area (Å²) in [7, 11) is 1.60. The van der Waals surface area contributed by atoms with Crippen molar-refractivity contribution < 1.29 is 18.7 Å². The number of carbonyl (C=O) groups excluding carboxylic acids is 1. The van der Waals surface area contributed by atoms with Crippen LogP contribution in [0, 0.1) is 13.8 Å². The highest BCUT2D eigenvalue weighted by atomic mass is 16.5. The van der Waals surface area contributed by atoms with E-state index in [0.717, 1.165) is 22.6 Å². The Morgan fingerprint density at radius 2 is 2.00 bits per heavy atom. The lowest BCUT2D eigenvalue weighted by atomic mass is 10.2. The third kappa shape index (κ3) is 5.41. The predicted molar refractivity (Wildman–Crippen MR) is 97.8 cm³/mol. The maximum Gasteiger partial charge on any atom is 0.244 e. The Hall–Kier alpha value is -2.69. The molecule has 0 unspecified atom stereocenters. The van der Waals surface area contributed by atoms with Gasteiger partial charge in [0.2, 0.25) is 5.91 Å². The Morgan fingerprint density at radius 1 is 1.24 bits per heavy atom. The zero-order valence-corrected chi connectivity index (χ0v) is 15.4. The lowest BCUT2D eigenvalue weighted by Gasteiger charge is -2.13. The van der Waals surface area contributed by atoms with Gasteiger partial charge in [0.05, 0.1) is 13.2 Å². The van der Waals surface area contributed by atoms with Gasteiger partial charge in [0, 0.05) is 18.2 Å².